The van der Waals surface area contributed by atoms with Crippen LogP contribution in [0.1, 0.15) is 32.8 Å². The minimum Gasteiger partial charge on any atom is -0.205 e. The quantitative estimate of drug-likeness (QED) is 0.675. The molecule has 0 aliphatic carbocycles. The lowest BCUT2D eigenvalue weighted by atomic mass is 9.88. The van der Waals surface area contributed by atoms with Crippen LogP contribution in [0.2, 0.25) is 0 Å². The third kappa shape index (κ3) is 3.74. The number of halogens is 3. The van der Waals surface area contributed by atoms with Crippen LogP contribution in [0.25, 0.3) is 0 Å². The van der Waals surface area contributed by atoms with Gasteiger partial charge in [-0.15, -0.1) is 11.6 Å². The molecule has 0 radical (unpaired) electrons. The highest BCUT2D eigenvalue weighted by atomic mass is 79.9. The third-order valence-corrected chi connectivity index (χ3v) is 4.12. The number of rotatable bonds is 3. The van der Waals surface area contributed by atoms with Crippen molar-refractivity contribution in [2.24, 2.45) is 5.41 Å². The molecule has 0 spiro atoms. The predicted octanol–water partition coefficient (Wildman–Crippen LogP) is 5.17. The molecular weight excluding hydrogens is 290 g/mol. The summed E-state index contributed by atoms with van der Waals surface area (Å²) in [6, 6.07) is 5.37. The fourth-order valence-electron chi connectivity index (χ4n) is 1.46. The minimum absolute atomic E-state index is 0.0596. The van der Waals surface area contributed by atoms with Crippen LogP contribution in [0.4, 0.5) is 4.39 Å². The number of hydrogen-bond acceptors (Lipinski definition) is 0. The molecule has 0 aliphatic heterocycles. The van der Waals surface area contributed by atoms with E-state index in [1.807, 2.05) is 12.1 Å². The first kappa shape index (κ1) is 14.0. The Kier molecular flexibility index (Phi) is 4.81. The van der Waals surface area contributed by atoms with Gasteiger partial charge >= 0.3 is 0 Å². The maximum absolute atomic E-state index is 13.7. The largest absolute Gasteiger partial charge is 0.205 e. The highest BCUT2D eigenvalue weighted by molar-refractivity contribution is 9.10. The molecule has 1 aromatic carbocycles. The number of aryl methyl sites for hydroxylation is 1. The number of alkyl halides is 1. The Morgan fingerprint density at radius 2 is 2.00 bits per heavy atom. The zero-order chi connectivity index (χ0) is 12.3. The summed E-state index contributed by atoms with van der Waals surface area (Å²) in [6.45, 7) is 6.30. The van der Waals surface area contributed by atoms with Crippen molar-refractivity contribution in [1.29, 1.82) is 0 Å². The van der Waals surface area contributed by atoms with E-state index in [2.05, 4.69) is 36.7 Å². The average Bonchev–Trinajstić information content (AvgIpc) is 2.18. The maximum atomic E-state index is 13.7. The Morgan fingerprint density at radius 3 is 2.56 bits per heavy atom. The van der Waals surface area contributed by atoms with Crippen molar-refractivity contribution < 1.29 is 4.39 Å². The van der Waals surface area contributed by atoms with Gasteiger partial charge in [0.25, 0.3) is 0 Å². The van der Waals surface area contributed by atoms with Crippen LogP contribution >= 0.6 is 27.5 Å². The van der Waals surface area contributed by atoms with Gasteiger partial charge in [-0.3, -0.25) is 0 Å². The molecule has 0 aliphatic rings. The van der Waals surface area contributed by atoms with Crippen molar-refractivity contribution in [1.82, 2.24) is 0 Å². The second-order valence-electron chi connectivity index (χ2n) is 5.09. The van der Waals surface area contributed by atoms with Gasteiger partial charge in [-0.1, -0.05) is 32.9 Å². The van der Waals surface area contributed by atoms with Crippen molar-refractivity contribution in [2.75, 3.05) is 0 Å². The summed E-state index contributed by atoms with van der Waals surface area (Å²) in [4.78, 5) is 0. The first-order chi connectivity index (χ1) is 7.32. The van der Waals surface area contributed by atoms with Gasteiger partial charge in [0.15, 0.2) is 0 Å². The second kappa shape index (κ2) is 5.50. The van der Waals surface area contributed by atoms with Crippen LogP contribution in [0.5, 0.6) is 0 Å². The molecule has 0 aromatic heterocycles. The molecule has 0 amide bonds. The molecule has 1 atom stereocenters. The second-order valence-corrected chi connectivity index (χ2v) is 6.47. The van der Waals surface area contributed by atoms with E-state index >= 15 is 0 Å². The Hall–Kier alpha value is -0.0800. The van der Waals surface area contributed by atoms with Crippen LogP contribution in [0.3, 0.4) is 0 Å². The van der Waals surface area contributed by atoms with E-state index in [0.29, 0.717) is 10.9 Å². The normalized spacial score (nSPS) is 13.9. The molecule has 0 fully saturated rings. The van der Waals surface area contributed by atoms with Gasteiger partial charge in [-0.25, -0.2) is 4.39 Å². The van der Waals surface area contributed by atoms with E-state index in [4.69, 9.17) is 11.6 Å². The number of benzene rings is 1. The molecule has 0 saturated heterocycles. The molecule has 0 nitrogen and oxygen atoms in total. The van der Waals surface area contributed by atoms with Gasteiger partial charge in [0.1, 0.15) is 5.82 Å². The molecule has 3 heteroatoms. The predicted molar refractivity (Wildman–Crippen MR) is 71.5 cm³/mol. The smallest absolute Gasteiger partial charge is 0.140 e. The summed E-state index contributed by atoms with van der Waals surface area (Å²) in [5.41, 5.74) is 0.786. The molecule has 1 rings (SSSR count). The first-order valence-corrected chi connectivity index (χ1v) is 6.62. The number of hydrogen-bond donors (Lipinski definition) is 0. The van der Waals surface area contributed by atoms with Crippen molar-refractivity contribution in [2.45, 2.75) is 39.0 Å². The Morgan fingerprint density at radius 1 is 1.38 bits per heavy atom. The summed E-state index contributed by atoms with van der Waals surface area (Å²) in [6.07, 6.45) is 1.47. The van der Waals surface area contributed by atoms with E-state index in [1.54, 1.807) is 6.07 Å². The van der Waals surface area contributed by atoms with Gasteiger partial charge < -0.3 is 0 Å². The molecule has 90 valence electrons. The standard InChI is InChI=1S/C13H17BrClF/c1-13(2,3)11(15)8-7-9-5-4-6-10(14)12(9)16/h4-6,11H,7-8H2,1-3H3. The van der Waals surface area contributed by atoms with Crippen molar-refractivity contribution >= 4 is 27.5 Å². The SMILES string of the molecule is CC(C)(C)C(Cl)CCc1cccc(Br)c1F. The first-order valence-electron chi connectivity index (χ1n) is 5.39. The summed E-state index contributed by atoms with van der Waals surface area (Å²) < 4.78 is 14.2. The Balaban J connectivity index is 2.65. The zero-order valence-electron chi connectivity index (χ0n) is 9.86. The topological polar surface area (TPSA) is 0 Å². The average molecular weight is 308 g/mol. The molecule has 0 bridgehead atoms. The van der Waals surface area contributed by atoms with Crippen molar-refractivity contribution in [3.05, 3.63) is 34.1 Å². The third-order valence-electron chi connectivity index (χ3n) is 2.64. The van der Waals surface area contributed by atoms with Gasteiger partial charge in [-0.05, 0) is 45.8 Å². The summed E-state index contributed by atoms with van der Waals surface area (Å²) >= 11 is 9.45. The van der Waals surface area contributed by atoms with Gasteiger partial charge in [0, 0.05) is 5.38 Å². The zero-order valence-corrected chi connectivity index (χ0v) is 12.2. The lowest BCUT2D eigenvalue weighted by Gasteiger charge is -2.25. The summed E-state index contributed by atoms with van der Waals surface area (Å²) in [5, 5.41) is 0.0610. The maximum Gasteiger partial charge on any atom is 0.140 e. The van der Waals surface area contributed by atoms with Crippen molar-refractivity contribution in [3.63, 3.8) is 0 Å². The van der Waals surface area contributed by atoms with E-state index in [9.17, 15) is 4.39 Å². The van der Waals surface area contributed by atoms with Crippen LogP contribution in [0, 0.1) is 11.2 Å². The fraction of sp³-hybridized carbons (Fsp3) is 0.538. The summed E-state index contributed by atoms with van der Waals surface area (Å²) in [5.74, 6) is -0.166. The van der Waals surface area contributed by atoms with E-state index in [-0.39, 0.29) is 16.6 Å². The molecule has 1 unspecified atom stereocenters. The molecule has 1 aromatic rings. The van der Waals surface area contributed by atoms with Gasteiger partial charge in [-0.2, -0.15) is 0 Å². The van der Waals surface area contributed by atoms with E-state index in [0.717, 1.165) is 12.0 Å². The van der Waals surface area contributed by atoms with Crippen molar-refractivity contribution in [3.8, 4) is 0 Å². The highest BCUT2D eigenvalue weighted by Gasteiger charge is 2.22. The highest BCUT2D eigenvalue weighted by Crippen LogP contribution is 2.29. The fourth-order valence-corrected chi connectivity index (χ4v) is 1.97. The van der Waals surface area contributed by atoms with E-state index < -0.39 is 0 Å². The molecule has 0 saturated carbocycles. The lowest BCUT2D eigenvalue weighted by molar-refractivity contribution is 0.373. The van der Waals surface area contributed by atoms with Crippen LogP contribution in [0.15, 0.2) is 22.7 Å². The molecule has 0 N–H and O–H groups in total. The molecular formula is C13H17BrClF. The van der Waals surface area contributed by atoms with E-state index in [1.165, 1.54) is 0 Å². The molecule has 16 heavy (non-hydrogen) atoms. The van der Waals surface area contributed by atoms with Gasteiger partial charge in [0.2, 0.25) is 0 Å². The molecule has 0 heterocycles. The van der Waals surface area contributed by atoms with Crippen LogP contribution < -0.4 is 0 Å². The van der Waals surface area contributed by atoms with Crippen LogP contribution in [-0.2, 0) is 6.42 Å². The lowest BCUT2D eigenvalue weighted by Crippen LogP contribution is -2.21. The summed E-state index contributed by atoms with van der Waals surface area (Å²) in [7, 11) is 0. The monoisotopic (exact) mass is 306 g/mol. The Labute approximate surface area is 110 Å². The van der Waals surface area contributed by atoms with Crippen LogP contribution in [-0.4, -0.2) is 5.38 Å². The Bertz CT molecular complexity index is 357. The minimum atomic E-state index is -0.166. The van der Waals surface area contributed by atoms with Gasteiger partial charge in [0.05, 0.1) is 4.47 Å².